The summed E-state index contributed by atoms with van der Waals surface area (Å²) in [5.41, 5.74) is -1.54. The van der Waals surface area contributed by atoms with Gasteiger partial charge in [-0.1, -0.05) is 43.1 Å². The molecule has 11 nitrogen and oxygen atoms in total. The molecule has 3 fully saturated rings. The Hall–Kier alpha value is -3.35. The van der Waals surface area contributed by atoms with Gasteiger partial charge in [0, 0.05) is 35.2 Å². The van der Waals surface area contributed by atoms with Gasteiger partial charge in [0.1, 0.15) is 16.4 Å². The topological polar surface area (TPSA) is 155 Å². The highest BCUT2D eigenvalue weighted by Gasteiger charge is 2.73. The van der Waals surface area contributed by atoms with Crippen molar-refractivity contribution in [2.24, 2.45) is 5.41 Å². The van der Waals surface area contributed by atoms with Crippen LogP contribution in [0.5, 0.6) is 0 Å². The molecule has 0 aromatic carbocycles. The normalized spacial score (nSPS) is 29.9. The summed E-state index contributed by atoms with van der Waals surface area (Å²) in [6, 6.07) is 3.76. The van der Waals surface area contributed by atoms with Gasteiger partial charge in [0.05, 0.1) is 6.04 Å². The summed E-state index contributed by atoms with van der Waals surface area (Å²) in [4.78, 5) is 48.8. The number of nitrogens with one attached hydrogen (secondary N) is 4. The molecule has 2 saturated carbocycles. The molecule has 238 valence electrons. The first kappa shape index (κ1) is 30.3. The molecule has 1 saturated heterocycles. The van der Waals surface area contributed by atoms with E-state index in [1.54, 1.807) is 12.1 Å². The highest BCUT2D eigenvalue weighted by atomic mass is 35.5. The fraction of sp³-hybridized carbons (Fsp3) is 0.548. The maximum atomic E-state index is 16.1. The van der Waals surface area contributed by atoms with Gasteiger partial charge in [-0.05, 0) is 74.5 Å². The molecular formula is C31H34Cl2FN7O4. The number of anilines is 1. The van der Waals surface area contributed by atoms with E-state index < -0.39 is 34.5 Å². The molecule has 3 aromatic heterocycles. The van der Waals surface area contributed by atoms with Crippen molar-refractivity contribution in [2.75, 3.05) is 5.32 Å². The minimum Gasteiger partial charge on any atom is -0.392 e. The summed E-state index contributed by atoms with van der Waals surface area (Å²) in [6.07, 6.45) is 6.75. The van der Waals surface area contributed by atoms with Crippen molar-refractivity contribution in [3.63, 3.8) is 0 Å². The van der Waals surface area contributed by atoms with Crippen LogP contribution in [0.15, 0.2) is 33.6 Å². The maximum absolute atomic E-state index is 16.1. The van der Waals surface area contributed by atoms with E-state index in [1.165, 1.54) is 12.3 Å². The number of halogens is 3. The number of pyridine rings is 2. The third-order valence-electron chi connectivity index (χ3n) is 10.7. The van der Waals surface area contributed by atoms with Crippen molar-refractivity contribution >= 4 is 40.8 Å². The second-order valence-electron chi connectivity index (χ2n) is 13.7. The highest BCUT2D eigenvalue weighted by molar-refractivity contribution is 6.30. The molecule has 0 bridgehead atoms. The first-order valence-electron chi connectivity index (χ1n) is 15.4. The number of hydrogen-bond donors (Lipinski definition) is 4. The Labute approximate surface area is 268 Å². The van der Waals surface area contributed by atoms with Crippen molar-refractivity contribution in [1.29, 1.82) is 0 Å². The monoisotopic (exact) mass is 657 g/mol. The smallest absolute Gasteiger partial charge is 0.392 e. The molecule has 2 aliphatic carbocycles. The van der Waals surface area contributed by atoms with Gasteiger partial charge in [0.2, 0.25) is 17.7 Å². The number of rotatable bonds is 4. The van der Waals surface area contributed by atoms with Gasteiger partial charge in [0.15, 0.2) is 11.0 Å². The van der Waals surface area contributed by atoms with Gasteiger partial charge in [0.25, 0.3) is 0 Å². The van der Waals surface area contributed by atoms with Crippen molar-refractivity contribution < 1.29 is 18.4 Å². The van der Waals surface area contributed by atoms with E-state index in [1.807, 2.05) is 0 Å². The van der Waals surface area contributed by atoms with E-state index >= 15 is 4.39 Å². The second kappa shape index (κ2) is 10.9. The van der Waals surface area contributed by atoms with E-state index in [0.29, 0.717) is 55.8 Å². The molecule has 4 N–H and O–H groups in total. The van der Waals surface area contributed by atoms with Crippen LogP contribution >= 0.6 is 23.2 Å². The molecule has 0 radical (unpaired) electrons. The average Bonchev–Trinajstić information content (AvgIpc) is 3.65. The Bertz CT molecular complexity index is 1730. The van der Waals surface area contributed by atoms with E-state index in [2.05, 4.69) is 50.0 Å². The Morgan fingerprint density at radius 1 is 1.07 bits per heavy atom. The number of H-pyrrole nitrogens is 1. The van der Waals surface area contributed by atoms with E-state index in [-0.39, 0.29) is 45.1 Å². The number of carbonyl (C=O) groups is 2. The maximum Gasteiger partial charge on any atom is 0.434 e. The molecule has 3 atom stereocenters. The summed E-state index contributed by atoms with van der Waals surface area (Å²) in [6.45, 7) is 4.39. The summed E-state index contributed by atoms with van der Waals surface area (Å²) in [5, 5.41) is 16.0. The third-order valence-corrected chi connectivity index (χ3v) is 11.2. The van der Waals surface area contributed by atoms with E-state index in [9.17, 15) is 14.4 Å². The van der Waals surface area contributed by atoms with Crippen LogP contribution < -0.4 is 21.7 Å². The van der Waals surface area contributed by atoms with Crippen molar-refractivity contribution in [3.8, 4) is 0 Å². The lowest BCUT2D eigenvalue weighted by atomic mass is 9.53. The molecule has 14 heteroatoms. The zero-order valence-corrected chi connectivity index (χ0v) is 26.4. The number of aromatic nitrogens is 4. The largest absolute Gasteiger partial charge is 0.434 e. The predicted octanol–water partition coefficient (Wildman–Crippen LogP) is 4.73. The van der Waals surface area contributed by atoms with E-state index in [4.69, 9.17) is 27.6 Å². The molecule has 2 aliphatic heterocycles. The van der Waals surface area contributed by atoms with Gasteiger partial charge in [-0.3, -0.25) is 14.9 Å². The van der Waals surface area contributed by atoms with Crippen LogP contribution in [0.3, 0.4) is 0 Å². The molecule has 4 aliphatic rings. The highest BCUT2D eigenvalue weighted by Crippen LogP contribution is 2.63. The number of nitrogens with zero attached hydrogens (tertiary/aromatic N) is 3. The van der Waals surface area contributed by atoms with Crippen LogP contribution in [0, 0.1) is 11.2 Å². The average molecular weight is 659 g/mol. The van der Waals surface area contributed by atoms with Gasteiger partial charge >= 0.3 is 5.76 Å². The Balaban J connectivity index is 1.30. The minimum absolute atomic E-state index is 0.0252. The lowest BCUT2D eigenvalue weighted by Gasteiger charge is -2.50. The second-order valence-corrected chi connectivity index (χ2v) is 14.4. The number of aromatic amines is 1. The first-order chi connectivity index (χ1) is 21.4. The number of amides is 2. The van der Waals surface area contributed by atoms with E-state index in [0.717, 1.165) is 12.8 Å². The molecular weight excluding hydrogens is 624 g/mol. The Kier molecular flexibility index (Phi) is 7.33. The molecule has 3 aromatic rings. The van der Waals surface area contributed by atoms with Crippen LogP contribution in [-0.2, 0) is 15.0 Å². The lowest BCUT2D eigenvalue weighted by molar-refractivity contribution is -0.125. The summed E-state index contributed by atoms with van der Waals surface area (Å²) in [7, 11) is 0. The third kappa shape index (κ3) is 4.79. The van der Waals surface area contributed by atoms with Gasteiger partial charge in [-0.25, -0.2) is 24.3 Å². The van der Waals surface area contributed by atoms with Crippen LogP contribution in [0.2, 0.25) is 10.3 Å². The lowest BCUT2D eigenvalue weighted by Crippen LogP contribution is -2.61. The zero-order chi connectivity index (χ0) is 31.7. The first-order valence-corrected chi connectivity index (χ1v) is 16.1. The minimum atomic E-state index is -1.39. The zero-order valence-electron chi connectivity index (χ0n) is 24.9. The Morgan fingerprint density at radius 2 is 1.80 bits per heavy atom. The van der Waals surface area contributed by atoms with Crippen molar-refractivity contribution in [1.82, 2.24) is 30.8 Å². The van der Waals surface area contributed by atoms with Gasteiger partial charge < -0.3 is 15.1 Å². The molecule has 5 heterocycles. The summed E-state index contributed by atoms with van der Waals surface area (Å²) < 4.78 is 21.2. The number of hydrogen-bond acceptors (Lipinski definition) is 8. The Morgan fingerprint density at radius 3 is 2.49 bits per heavy atom. The number of fused-ring (bicyclic) bond motifs is 3. The van der Waals surface area contributed by atoms with Gasteiger partial charge in [-0.15, -0.1) is 5.10 Å². The summed E-state index contributed by atoms with van der Waals surface area (Å²) in [5.74, 6) is -2.36. The van der Waals surface area contributed by atoms with Crippen LogP contribution in [0.1, 0.15) is 94.1 Å². The predicted molar refractivity (Wildman–Crippen MR) is 164 cm³/mol. The van der Waals surface area contributed by atoms with Crippen molar-refractivity contribution in [3.05, 3.63) is 68.1 Å². The van der Waals surface area contributed by atoms with Gasteiger partial charge in [-0.2, -0.15) is 0 Å². The number of carbonyl (C=O) groups excluding carboxylic acids is 2. The molecule has 2 amide bonds. The van der Waals surface area contributed by atoms with Crippen molar-refractivity contribution in [2.45, 2.75) is 100 Å². The fourth-order valence-corrected chi connectivity index (χ4v) is 8.70. The molecule has 2 spiro atoms. The van der Waals surface area contributed by atoms with Crippen LogP contribution in [-0.4, -0.2) is 49.6 Å². The molecule has 45 heavy (non-hydrogen) atoms. The molecule has 0 unspecified atom stereocenters. The van der Waals surface area contributed by atoms with Crippen LogP contribution in [0.25, 0.3) is 0 Å². The summed E-state index contributed by atoms with van der Waals surface area (Å²) >= 11 is 12.5. The fourth-order valence-electron chi connectivity index (χ4n) is 8.39. The standard InChI is InChI=1S/C31H34Cl2FN7O4/c1-29(2)10-12-30(13-11-29)31(18-7-8-19(32)37-24(18)38-27(31)43)20(17-9-14-35-23(33)21(17)34)22(39-30)25(42)36-16-5-3-15(4-6-16)26-40-41-28(44)45-26/h7-9,14-16,20,22,39H,3-6,10-13H2,1-2H3,(H,36,42)(H,41,44)(H,37,38,43)/t15-,16-,20-,22+,31+/m0/s1. The quantitative estimate of drug-likeness (QED) is 0.294. The van der Waals surface area contributed by atoms with Crippen LogP contribution in [0.4, 0.5) is 10.2 Å². The molecule has 7 rings (SSSR count). The SMILES string of the molecule is CC1(C)CCC2(CC1)N[C@@H](C(=O)N[C@H]1CC[C@H](c3n[nH]c(=O)o3)CC1)[C@H](c1ccnc(Cl)c1F)[C@]21C(=O)Nc2nc(Cl)ccc21.